The molecule has 2 aromatic rings. The zero-order valence-corrected chi connectivity index (χ0v) is 19.2. The average Bonchev–Trinajstić information content (AvgIpc) is 3.20. The second-order valence-electron chi connectivity index (χ2n) is 6.94. The van der Waals surface area contributed by atoms with E-state index in [1.165, 1.54) is 18.4 Å². The summed E-state index contributed by atoms with van der Waals surface area (Å²) in [6.45, 7) is 8.24. The summed E-state index contributed by atoms with van der Waals surface area (Å²) >= 11 is 1.49. The van der Waals surface area contributed by atoms with Gasteiger partial charge in [-0.15, -0.1) is 11.3 Å². The van der Waals surface area contributed by atoms with Gasteiger partial charge >= 0.3 is 44.0 Å². The van der Waals surface area contributed by atoms with Crippen LogP contribution in [0.4, 0.5) is 18.9 Å². The zero-order chi connectivity index (χ0) is 23.1. The number of carbonyl (C=O) groups is 1. The van der Waals surface area contributed by atoms with Gasteiger partial charge in [0.2, 0.25) is 0 Å². The molecule has 13 heteroatoms. The van der Waals surface area contributed by atoms with Crippen molar-refractivity contribution in [2.45, 2.75) is 46.2 Å². The summed E-state index contributed by atoms with van der Waals surface area (Å²) in [5.74, 6) is -0.0936. The van der Waals surface area contributed by atoms with Crippen LogP contribution in [0.25, 0.3) is 0 Å². The van der Waals surface area contributed by atoms with Crippen LogP contribution in [-0.2, 0) is 22.3 Å². The molecule has 0 aromatic carbocycles. The number of nitrogens with one attached hydrogen (secondary N) is 1. The molecular formula is C18H28F3N3NaO4PS. The molecule has 0 aliphatic rings. The Morgan fingerprint density at radius 1 is 1.39 bits per heavy atom. The van der Waals surface area contributed by atoms with Crippen LogP contribution in [0.15, 0.2) is 17.6 Å². The number of hydrogen-bond donors (Lipinski definition) is 2. The van der Waals surface area contributed by atoms with Gasteiger partial charge < -0.3 is 14.7 Å². The topological polar surface area (TPSA) is 93.5 Å². The Labute approximate surface area is 206 Å². The standard InChI is InChI=1S/C16H20F3N3OS.C2H7O3P.Na.H/c1-9(2)7-10(3)13-12(5-6-24-13)20-15(23)11-8-22(4)21-14(11)16(17,18)19;1-2-5-6(3)4;;/h5-6,8-10H,7H2,1-4H3,(H,20,23);6H,2H2,1H3,(H,3,4);;. The molecule has 0 fully saturated rings. The molecule has 2 N–H and O–H groups in total. The molecule has 0 radical (unpaired) electrons. The Bertz CT molecular complexity index is 858. The SMILES string of the molecule is CC(C)CC(C)c1sccc1NC(=O)c1cn(C)nc1C(F)(F)F.CCO[PH](=O)O.[NaH]. The van der Waals surface area contributed by atoms with E-state index in [1.807, 2.05) is 12.3 Å². The fraction of sp³-hybridized carbons (Fsp3) is 0.556. The second-order valence-corrected chi connectivity index (χ2v) is 8.71. The van der Waals surface area contributed by atoms with Crippen molar-refractivity contribution in [3.8, 4) is 0 Å². The summed E-state index contributed by atoms with van der Waals surface area (Å²) in [6.07, 6.45) is -2.65. The number of thiophene rings is 1. The third-order valence-corrected chi connectivity index (χ3v) is 5.51. The van der Waals surface area contributed by atoms with Crippen LogP contribution in [0.1, 0.15) is 61.0 Å². The van der Waals surface area contributed by atoms with Crippen LogP contribution in [0.3, 0.4) is 0 Å². The molecule has 2 unspecified atom stereocenters. The van der Waals surface area contributed by atoms with Crippen molar-refractivity contribution < 1.29 is 31.9 Å². The van der Waals surface area contributed by atoms with Crippen molar-refractivity contribution in [2.24, 2.45) is 13.0 Å². The van der Waals surface area contributed by atoms with E-state index in [1.54, 1.807) is 13.0 Å². The van der Waals surface area contributed by atoms with E-state index in [9.17, 15) is 22.5 Å². The molecule has 0 bridgehead atoms. The summed E-state index contributed by atoms with van der Waals surface area (Å²) < 4.78 is 53.7. The number of amides is 1. The molecule has 2 rings (SSSR count). The van der Waals surface area contributed by atoms with E-state index in [-0.39, 0.29) is 35.5 Å². The Balaban J connectivity index is 0.00000113. The quantitative estimate of drug-likeness (QED) is 0.432. The van der Waals surface area contributed by atoms with E-state index in [4.69, 9.17) is 4.89 Å². The molecule has 31 heavy (non-hydrogen) atoms. The Hall–Kier alpha value is -0.680. The minimum atomic E-state index is -4.67. The molecule has 2 atom stereocenters. The first-order chi connectivity index (χ1) is 13.9. The maximum atomic E-state index is 13.0. The first-order valence-corrected chi connectivity index (χ1v) is 11.4. The van der Waals surface area contributed by atoms with Gasteiger partial charge in [0.05, 0.1) is 17.9 Å². The molecule has 0 aliphatic carbocycles. The van der Waals surface area contributed by atoms with Gasteiger partial charge in [-0.2, -0.15) is 18.3 Å². The fourth-order valence-corrected chi connectivity index (χ4v) is 3.97. The van der Waals surface area contributed by atoms with Gasteiger partial charge in [0.1, 0.15) is 0 Å². The summed E-state index contributed by atoms with van der Waals surface area (Å²) in [5.41, 5.74) is -1.08. The number of nitrogens with zero attached hydrogens (tertiary/aromatic N) is 2. The molecule has 1 amide bonds. The summed E-state index contributed by atoms with van der Waals surface area (Å²) in [4.78, 5) is 21.2. The van der Waals surface area contributed by atoms with Crippen molar-refractivity contribution in [2.75, 3.05) is 11.9 Å². The number of anilines is 1. The number of aromatic nitrogens is 2. The first kappa shape index (κ1) is 30.3. The predicted molar refractivity (Wildman–Crippen MR) is 118 cm³/mol. The van der Waals surface area contributed by atoms with Gasteiger partial charge in [-0.25, -0.2) is 0 Å². The minimum absolute atomic E-state index is 0. The van der Waals surface area contributed by atoms with E-state index in [0.717, 1.165) is 22.2 Å². The molecule has 2 aromatic heterocycles. The van der Waals surface area contributed by atoms with Crippen LogP contribution in [0.5, 0.6) is 0 Å². The van der Waals surface area contributed by atoms with Crippen molar-refractivity contribution in [3.05, 3.63) is 33.8 Å². The number of hydrogen-bond acceptors (Lipinski definition) is 5. The van der Waals surface area contributed by atoms with Crippen LogP contribution in [0.2, 0.25) is 0 Å². The fourth-order valence-electron chi connectivity index (χ4n) is 2.80. The Morgan fingerprint density at radius 2 is 2.00 bits per heavy atom. The van der Waals surface area contributed by atoms with Crippen molar-refractivity contribution in [3.63, 3.8) is 0 Å². The number of aryl methyl sites for hydroxylation is 1. The summed E-state index contributed by atoms with van der Waals surface area (Å²) in [7, 11) is -1.28. The van der Waals surface area contributed by atoms with Crippen LogP contribution < -0.4 is 5.32 Å². The average molecular weight is 493 g/mol. The van der Waals surface area contributed by atoms with Gasteiger partial charge in [-0.1, -0.05) is 20.8 Å². The maximum absolute atomic E-state index is 13.0. The van der Waals surface area contributed by atoms with Crippen LogP contribution in [0, 0.1) is 5.92 Å². The number of halogens is 3. The van der Waals surface area contributed by atoms with Crippen LogP contribution >= 0.6 is 19.6 Å². The molecule has 0 saturated carbocycles. The van der Waals surface area contributed by atoms with Crippen molar-refractivity contribution in [1.82, 2.24) is 9.78 Å². The normalized spacial score (nSPS) is 13.1. The Morgan fingerprint density at radius 3 is 2.45 bits per heavy atom. The number of rotatable bonds is 7. The zero-order valence-electron chi connectivity index (χ0n) is 17.4. The van der Waals surface area contributed by atoms with Gasteiger partial charge in [0.15, 0.2) is 5.69 Å². The second kappa shape index (κ2) is 13.8. The van der Waals surface area contributed by atoms with E-state index in [0.29, 0.717) is 18.2 Å². The van der Waals surface area contributed by atoms with Gasteiger partial charge in [-0.3, -0.25) is 14.0 Å². The van der Waals surface area contributed by atoms with Gasteiger partial charge in [0.25, 0.3) is 5.91 Å². The molecule has 0 spiro atoms. The number of carbonyl (C=O) groups excluding carboxylic acids is 1. The molecular weight excluding hydrogens is 465 g/mol. The van der Waals surface area contributed by atoms with Gasteiger partial charge in [-0.05, 0) is 36.6 Å². The summed E-state index contributed by atoms with van der Waals surface area (Å²) in [6, 6.07) is 1.72. The van der Waals surface area contributed by atoms with E-state index >= 15 is 0 Å². The Kier molecular flexibility index (Phi) is 13.5. The summed E-state index contributed by atoms with van der Waals surface area (Å²) in [5, 5.41) is 7.80. The monoisotopic (exact) mass is 493 g/mol. The van der Waals surface area contributed by atoms with Gasteiger partial charge in [0, 0.05) is 18.1 Å². The first-order valence-electron chi connectivity index (χ1n) is 9.22. The molecule has 172 valence electrons. The molecule has 0 aliphatic heterocycles. The van der Waals surface area contributed by atoms with E-state index in [2.05, 4.69) is 28.8 Å². The van der Waals surface area contributed by atoms with Crippen LogP contribution in [-0.4, -0.2) is 56.7 Å². The van der Waals surface area contributed by atoms with Crippen molar-refractivity contribution >= 4 is 60.7 Å². The van der Waals surface area contributed by atoms with E-state index < -0.39 is 31.6 Å². The molecule has 0 saturated heterocycles. The third kappa shape index (κ3) is 10.2. The molecule has 2 heterocycles. The third-order valence-electron chi connectivity index (χ3n) is 3.83. The number of alkyl halides is 3. The van der Waals surface area contributed by atoms with Crippen molar-refractivity contribution in [1.29, 1.82) is 0 Å². The predicted octanol–water partition coefficient (Wildman–Crippen LogP) is 4.66. The molecule has 7 nitrogen and oxygen atoms in total.